The predicted octanol–water partition coefficient (Wildman–Crippen LogP) is 1.07. The molecule has 1 unspecified atom stereocenters. The quantitative estimate of drug-likeness (QED) is 0.850. The minimum Gasteiger partial charge on any atom is -0.472 e. The van der Waals surface area contributed by atoms with Crippen molar-refractivity contribution in [2.75, 3.05) is 13.1 Å². The first-order valence-corrected chi connectivity index (χ1v) is 7.18. The number of carbonyl (C=O) groups excluding carboxylic acids is 1. The smallest absolute Gasteiger partial charge is 0.263 e. The van der Waals surface area contributed by atoms with Crippen molar-refractivity contribution in [2.45, 2.75) is 12.5 Å². The topological polar surface area (TPSA) is 64.4 Å². The summed E-state index contributed by atoms with van der Waals surface area (Å²) in [4.78, 5) is 30.2. The van der Waals surface area contributed by atoms with Gasteiger partial charge in [-0.1, -0.05) is 6.07 Å². The van der Waals surface area contributed by atoms with E-state index < -0.39 is 0 Å². The number of aromatic nitrogens is 2. The van der Waals surface area contributed by atoms with E-state index in [9.17, 15) is 9.59 Å². The molecule has 3 heterocycles. The van der Waals surface area contributed by atoms with Gasteiger partial charge in [0.15, 0.2) is 0 Å². The number of aryl methyl sites for hydroxylation is 1. The van der Waals surface area contributed by atoms with Crippen LogP contribution in [0.5, 0.6) is 5.88 Å². The van der Waals surface area contributed by atoms with Gasteiger partial charge in [0.2, 0.25) is 5.88 Å². The van der Waals surface area contributed by atoms with Gasteiger partial charge in [-0.15, -0.1) is 0 Å². The highest BCUT2D eigenvalue weighted by molar-refractivity contribution is 5.94. The fourth-order valence-corrected chi connectivity index (χ4v) is 2.53. The number of hydrogen-bond acceptors (Lipinski definition) is 4. The van der Waals surface area contributed by atoms with Gasteiger partial charge in [-0.2, -0.15) is 0 Å². The largest absolute Gasteiger partial charge is 0.472 e. The van der Waals surface area contributed by atoms with E-state index in [-0.39, 0.29) is 23.1 Å². The highest BCUT2D eigenvalue weighted by Gasteiger charge is 2.29. The molecule has 0 N–H and O–H groups in total. The lowest BCUT2D eigenvalue weighted by Crippen LogP contribution is -2.35. The molecule has 0 radical (unpaired) electrons. The maximum Gasteiger partial charge on any atom is 0.263 e. The monoisotopic (exact) mass is 299 g/mol. The van der Waals surface area contributed by atoms with Crippen molar-refractivity contribution >= 4 is 5.91 Å². The Balaban J connectivity index is 1.69. The summed E-state index contributed by atoms with van der Waals surface area (Å²) in [7, 11) is 1.64. The Morgan fingerprint density at radius 3 is 2.95 bits per heavy atom. The highest BCUT2D eigenvalue weighted by atomic mass is 16.5. The van der Waals surface area contributed by atoms with Crippen LogP contribution < -0.4 is 10.3 Å². The van der Waals surface area contributed by atoms with Gasteiger partial charge in [-0.25, -0.2) is 4.98 Å². The van der Waals surface area contributed by atoms with Crippen LogP contribution in [-0.2, 0) is 7.05 Å². The van der Waals surface area contributed by atoms with E-state index in [0.29, 0.717) is 19.0 Å². The van der Waals surface area contributed by atoms with Crippen LogP contribution in [0.15, 0.2) is 47.5 Å². The van der Waals surface area contributed by atoms with Crippen LogP contribution in [0.25, 0.3) is 0 Å². The van der Waals surface area contributed by atoms with Crippen molar-refractivity contribution in [3.63, 3.8) is 0 Å². The van der Waals surface area contributed by atoms with E-state index in [2.05, 4.69) is 4.98 Å². The zero-order chi connectivity index (χ0) is 15.5. The van der Waals surface area contributed by atoms with Crippen LogP contribution in [0.4, 0.5) is 0 Å². The first-order valence-electron chi connectivity index (χ1n) is 7.18. The predicted molar refractivity (Wildman–Crippen MR) is 80.9 cm³/mol. The summed E-state index contributed by atoms with van der Waals surface area (Å²) >= 11 is 0. The zero-order valence-electron chi connectivity index (χ0n) is 12.3. The molecule has 0 bridgehead atoms. The Bertz CT molecular complexity index is 727. The zero-order valence-corrected chi connectivity index (χ0v) is 12.3. The average Bonchev–Trinajstić information content (AvgIpc) is 2.99. The van der Waals surface area contributed by atoms with Gasteiger partial charge in [-0.05, 0) is 18.2 Å². The number of rotatable bonds is 3. The maximum atomic E-state index is 12.5. The molecule has 1 saturated heterocycles. The van der Waals surface area contributed by atoms with E-state index in [1.54, 1.807) is 42.5 Å². The third-order valence-corrected chi connectivity index (χ3v) is 3.71. The van der Waals surface area contributed by atoms with E-state index in [1.165, 1.54) is 4.57 Å². The summed E-state index contributed by atoms with van der Waals surface area (Å²) in [5.74, 6) is 0.311. The number of carbonyl (C=O) groups is 1. The fourth-order valence-electron chi connectivity index (χ4n) is 2.53. The molecule has 114 valence electrons. The first kappa shape index (κ1) is 14.3. The molecule has 0 aliphatic carbocycles. The Labute approximate surface area is 128 Å². The Hall–Kier alpha value is -2.63. The molecule has 6 nitrogen and oxygen atoms in total. The van der Waals surface area contributed by atoms with Crippen molar-refractivity contribution in [1.29, 1.82) is 0 Å². The molecular weight excluding hydrogens is 282 g/mol. The molecule has 6 heteroatoms. The van der Waals surface area contributed by atoms with Crippen LogP contribution >= 0.6 is 0 Å². The van der Waals surface area contributed by atoms with E-state index in [0.717, 1.165) is 6.42 Å². The summed E-state index contributed by atoms with van der Waals surface area (Å²) < 4.78 is 7.17. The molecule has 1 aliphatic rings. The van der Waals surface area contributed by atoms with Gasteiger partial charge in [0, 0.05) is 38.5 Å². The van der Waals surface area contributed by atoms with Crippen LogP contribution in [0.1, 0.15) is 16.8 Å². The molecule has 3 rings (SSSR count). The number of ether oxygens (including phenoxy) is 1. The van der Waals surface area contributed by atoms with Gasteiger partial charge >= 0.3 is 0 Å². The molecular formula is C16H17N3O3. The second kappa shape index (κ2) is 6.01. The summed E-state index contributed by atoms with van der Waals surface area (Å²) in [6.45, 7) is 1.04. The minimum absolute atomic E-state index is 0.0913. The van der Waals surface area contributed by atoms with Gasteiger partial charge < -0.3 is 14.2 Å². The normalized spacial score (nSPS) is 17.5. The lowest BCUT2D eigenvalue weighted by molar-refractivity contribution is 0.0769. The lowest BCUT2D eigenvalue weighted by atomic mass is 10.2. The number of hydrogen-bond donors (Lipinski definition) is 0. The Morgan fingerprint density at radius 1 is 1.32 bits per heavy atom. The van der Waals surface area contributed by atoms with Gasteiger partial charge in [-0.3, -0.25) is 9.59 Å². The summed E-state index contributed by atoms with van der Waals surface area (Å²) in [6, 6.07) is 8.73. The van der Waals surface area contributed by atoms with Crippen molar-refractivity contribution in [3.8, 4) is 5.88 Å². The number of nitrogens with zero attached hydrogens (tertiary/aromatic N) is 3. The van der Waals surface area contributed by atoms with Gasteiger partial charge in [0.25, 0.3) is 11.5 Å². The molecule has 1 fully saturated rings. The third kappa shape index (κ3) is 2.86. The average molecular weight is 299 g/mol. The fraction of sp³-hybridized carbons (Fsp3) is 0.312. The van der Waals surface area contributed by atoms with Gasteiger partial charge in [0.05, 0.1) is 6.54 Å². The van der Waals surface area contributed by atoms with E-state index in [4.69, 9.17) is 4.74 Å². The van der Waals surface area contributed by atoms with E-state index in [1.807, 2.05) is 12.1 Å². The number of pyridine rings is 2. The van der Waals surface area contributed by atoms with Crippen LogP contribution in [0, 0.1) is 0 Å². The number of amides is 1. The van der Waals surface area contributed by atoms with Crippen LogP contribution in [-0.4, -0.2) is 39.6 Å². The molecule has 0 saturated carbocycles. The highest BCUT2D eigenvalue weighted by Crippen LogP contribution is 2.17. The van der Waals surface area contributed by atoms with E-state index >= 15 is 0 Å². The van der Waals surface area contributed by atoms with Gasteiger partial charge in [0.1, 0.15) is 11.7 Å². The summed E-state index contributed by atoms with van der Waals surface area (Å²) in [6.07, 6.45) is 3.94. The summed E-state index contributed by atoms with van der Waals surface area (Å²) in [5.41, 5.74) is -0.0786. The SMILES string of the molecule is Cn1cccc(C(=O)N2CCC(Oc3ccccn3)C2)c1=O. The van der Waals surface area contributed by atoms with Crippen molar-refractivity contribution in [2.24, 2.45) is 7.05 Å². The van der Waals surface area contributed by atoms with Crippen LogP contribution in [0.3, 0.4) is 0 Å². The molecule has 2 aromatic rings. The standard InChI is InChI=1S/C16H17N3O3/c1-18-9-4-5-13(15(18)20)16(21)19-10-7-12(11-19)22-14-6-2-3-8-17-14/h2-6,8-9,12H,7,10-11H2,1H3. The molecule has 0 aromatic carbocycles. The molecule has 1 atom stereocenters. The van der Waals surface area contributed by atoms with Crippen molar-refractivity contribution in [1.82, 2.24) is 14.5 Å². The lowest BCUT2D eigenvalue weighted by Gasteiger charge is -2.17. The van der Waals surface area contributed by atoms with Crippen molar-refractivity contribution in [3.05, 3.63) is 58.6 Å². The van der Waals surface area contributed by atoms with Crippen molar-refractivity contribution < 1.29 is 9.53 Å². The molecule has 1 amide bonds. The second-order valence-corrected chi connectivity index (χ2v) is 5.29. The molecule has 2 aromatic heterocycles. The summed E-state index contributed by atoms with van der Waals surface area (Å²) in [5, 5.41) is 0. The van der Waals surface area contributed by atoms with Crippen LogP contribution in [0.2, 0.25) is 0 Å². The number of likely N-dealkylation sites (tertiary alicyclic amines) is 1. The first-order chi connectivity index (χ1) is 10.6. The second-order valence-electron chi connectivity index (χ2n) is 5.29. The Kier molecular flexibility index (Phi) is 3.91. The molecule has 0 spiro atoms. The molecule has 1 aliphatic heterocycles. The minimum atomic E-state index is -0.276. The molecule has 22 heavy (non-hydrogen) atoms. The maximum absolute atomic E-state index is 12.5. The third-order valence-electron chi connectivity index (χ3n) is 3.71. The Morgan fingerprint density at radius 2 is 2.18 bits per heavy atom.